The van der Waals surface area contributed by atoms with Crippen LogP contribution in [0.4, 0.5) is 0 Å². The number of phosphoric acid groups is 2. The van der Waals surface area contributed by atoms with Crippen LogP contribution in [-0.4, -0.2) is 96.7 Å². The molecule has 0 amide bonds. The minimum atomic E-state index is -5.04. The van der Waals surface area contributed by atoms with Gasteiger partial charge < -0.3 is 33.8 Å². The summed E-state index contributed by atoms with van der Waals surface area (Å²) in [5.41, 5.74) is 0. The first-order valence-corrected chi connectivity index (χ1v) is 45.0. The largest absolute Gasteiger partial charge is 0.472 e. The Kier molecular flexibility index (Phi) is 77.5. The Morgan fingerprint density at radius 2 is 0.446 bits per heavy atom. The Bertz CT molecular complexity index is 2790. The van der Waals surface area contributed by atoms with Crippen molar-refractivity contribution in [3.63, 3.8) is 0 Å². The molecule has 0 aromatic heterocycles. The molecule has 0 rings (SSSR count). The van der Waals surface area contributed by atoms with E-state index in [2.05, 4.69) is 186 Å². The number of esters is 4. The number of unbranched alkanes of at least 4 members (excludes halogenated alkanes) is 14. The minimum absolute atomic E-state index is 0.0530. The second kappa shape index (κ2) is 82.4. The number of carbonyl (C=O) groups excluding carboxylic acids is 4. The maximum Gasteiger partial charge on any atom is 0.472 e. The molecule has 0 aliphatic rings. The van der Waals surface area contributed by atoms with Crippen LogP contribution in [0.1, 0.15) is 285 Å². The normalized spacial score (nSPS) is 14.9. The molecule has 0 radical (unpaired) electrons. The Labute approximate surface area is 677 Å². The molecular formula is C93H146O17P2. The summed E-state index contributed by atoms with van der Waals surface area (Å²) < 4.78 is 68.4. The molecule has 112 heavy (non-hydrogen) atoms. The zero-order valence-electron chi connectivity index (χ0n) is 69.0. The topological polar surface area (TPSA) is 237 Å². The summed E-state index contributed by atoms with van der Waals surface area (Å²) in [4.78, 5) is 73.1. The first-order valence-electron chi connectivity index (χ1n) is 42.0. The van der Waals surface area contributed by atoms with E-state index < -0.39 is 97.5 Å². The highest BCUT2D eigenvalue weighted by molar-refractivity contribution is 7.47. The van der Waals surface area contributed by atoms with Gasteiger partial charge in [-0.1, -0.05) is 298 Å². The van der Waals surface area contributed by atoms with Crippen LogP contribution >= 0.6 is 15.6 Å². The molecule has 19 heteroatoms. The summed E-state index contributed by atoms with van der Waals surface area (Å²) in [5.74, 6) is -2.53. The van der Waals surface area contributed by atoms with Gasteiger partial charge in [-0.25, -0.2) is 9.13 Å². The van der Waals surface area contributed by atoms with Crippen LogP contribution < -0.4 is 0 Å². The molecule has 630 valence electrons. The molecule has 17 nitrogen and oxygen atoms in total. The van der Waals surface area contributed by atoms with Crippen molar-refractivity contribution in [2.75, 3.05) is 39.6 Å². The van der Waals surface area contributed by atoms with Gasteiger partial charge in [-0.2, -0.15) is 0 Å². The quantitative estimate of drug-likeness (QED) is 0.0169. The summed E-state index contributed by atoms with van der Waals surface area (Å²) in [7, 11) is -10.1. The average Bonchev–Trinajstić information content (AvgIpc) is 0.898. The zero-order chi connectivity index (χ0) is 81.7. The predicted octanol–water partition coefficient (Wildman–Crippen LogP) is 25.2. The van der Waals surface area contributed by atoms with Crippen LogP contribution in [0.15, 0.2) is 219 Å². The first kappa shape index (κ1) is 105. The van der Waals surface area contributed by atoms with Gasteiger partial charge in [0.05, 0.1) is 26.4 Å². The van der Waals surface area contributed by atoms with Crippen molar-refractivity contribution in [3.8, 4) is 0 Å². The second-order valence-corrected chi connectivity index (χ2v) is 29.9. The van der Waals surface area contributed by atoms with Gasteiger partial charge in [0.25, 0.3) is 0 Å². The van der Waals surface area contributed by atoms with E-state index in [1.54, 1.807) is 0 Å². The van der Waals surface area contributed by atoms with Crippen LogP contribution in [0, 0.1) is 0 Å². The van der Waals surface area contributed by atoms with E-state index in [0.29, 0.717) is 51.4 Å². The van der Waals surface area contributed by atoms with Crippen LogP contribution in [0.25, 0.3) is 0 Å². The SMILES string of the molecule is CCCCC/C=C\C/C=C\C/C=C\C/C=C\C/C=C\CCC(=O)O[C@H](COC(=O)CCC/C=C\C/C=C\C/C=C\C/C=C\CCCCC)COP(=O)(O)OCC(O)COP(=O)(O)OC[C@@H](COC(=O)CCC/C=C\C/C=C\C/C=C\C/C=C\CCCCC)OC(=O)CC/C=C\C/C=C\C/C=C\C/C=C\C/C=C\CCCCC. The molecule has 0 aromatic rings. The molecule has 3 N–H and O–H groups in total. The van der Waals surface area contributed by atoms with Crippen LogP contribution in [-0.2, 0) is 65.4 Å². The maximum absolute atomic E-state index is 13.1. The molecular weight excluding hydrogens is 1450 g/mol. The summed E-state index contributed by atoms with van der Waals surface area (Å²) in [5, 5.41) is 10.7. The standard InChI is InChI=1S/C93H146O17P2/c1-5-9-13-17-21-25-29-33-37-41-43-47-51-55-59-63-67-71-75-79-92(97)109-88(83-103-90(95)77-73-69-65-61-57-53-49-45-39-35-31-27-23-19-15-11-7-3)85-107-111(99,100)105-81-87(94)82-106-112(101,102)108-86-89(84-104-91(96)78-74-70-66-62-58-54-50-46-40-36-32-28-24-20-16-12-8-4)110-93(98)80-76-72-68-64-60-56-52-48-44-42-38-34-30-26-22-18-14-10-6-2/h21-28,33-40,43-44,47-50,53-56,59-62,65-68,71-72,87-89,94H,5-20,29-32,41-42,45-46,51-52,57-58,63-64,69-70,73-86H2,1-4H3,(H,99,100)(H,101,102)/b25-21-,26-22-,27-23-,28-24-,37-33-,38-34-,39-35-,40-36-,47-43-,48-44-,53-49-,54-50-,59-55-,60-56-,65-61-,66-62-,71-67-,72-68-/t88-,89-/m1/s1. The smallest absolute Gasteiger partial charge is 0.462 e. The average molecular weight is 1600 g/mol. The molecule has 0 aliphatic heterocycles. The number of aliphatic hydroxyl groups is 1. The number of hydrogen-bond acceptors (Lipinski definition) is 15. The lowest BCUT2D eigenvalue weighted by atomic mass is 10.2. The number of phosphoric ester groups is 2. The molecule has 0 heterocycles. The molecule has 0 spiro atoms. The molecule has 0 bridgehead atoms. The van der Waals surface area contributed by atoms with Gasteiger partial charge in [-0.3, -0.25) is 37.3 Å². The fourth-order valence-electron chi connectivity index (χ4n) is 9.99. The second-order valence-electron chi connectivity index (χ2n) is 27.0. The van der Waals surface area contributed by atoms with Crippen LogP contribution in [0.2, 0.25) is 0 Å². The fourth-order valence-corrected chi connectivity index (χ4v) is 11.6. The highest BCUT2D eigenvalue weighted by atomic mass is 31.2. The highest BCUT2D eigenvalue weighted by Crippen LogP contribution is 2.45. The molecule has 0 aromatic carbocycles. The fraction of sp³-hybridized carbons (Fsp3) is 0.570. The van der Waals surface area contributed by atoms with Crippen LogP contribution in [0.5, 0.6) is 0 Å². The molecule has 4 atom stereocenters. The van der Waals surface area contributed by atoms with E-state index in [0.717, 1.165) is 103 Å². The Morgan fingerprint density at radius 3 is 0.670 bits per heavy atom. The maximum atomic E-state index is 13.1. The lowest BCUT2D eigenvalue weighted by molar-refractivity contribution is -0.161. The molecule has 0 fully saturated rings. The van der Waals surface area contributed by atoms with Gasteiger partial charge in [0.2, 0.25) is 0 Å². The third kappa shape index (κ3) is 81.4. The summed E-state index contributed by atoms with van der Waals surface area (Å²) >= 11 is 0. The van der Waals surface area contributed by atoms with Gasteiger partial charge >= 0.3 is 39.5 Å². The van der Waals surface area contributed by atoms with Crippen molar-refractivity contribution in [1.29, 1.82) is 0 Å². The van der Waals surface area contributed by atoms with E-state index in [9.17, 15) is 43.2 Å². The van der Waals surface area contributed by atoms with Gasteiger partial charge in [-0.05, 0) is 180 Å². The van der Waals surface area contributed by atoms with Gasteiger partial charge in [0.15, 0.2) is 12.2 Å². The lowest BCUT2D eigenvalue weighted by Gasteiger charge is -2.21. The van der Waals surface area contributed by atoms with Crippen molar-refractivity contribution in [2.24, 2.45) is 0 Å². The molecule has 0 aliphatic carbocycles. The third-order valence-corrected chi connectivity index (χ3v) is 18.3. The van der Waals surface area contributed by atoms with E-state index in [1.807, 2.05) is 60.8 Å². The monoisotopic (exact) mass is 1600 g/mol. The highest BCUT2D eigenvalue weighted by Gasteiger charge is 2.30. The predicted molar refractivity (Wildman–Crippen MR) is 463 cm³/mol. The summed E-state index contributed by atoms with van der Waals surface area (Å²) in [6, 6.07) is 0. The Balaban J connectivity index is 5.65. The van der Waals surface area contributed by atoms with Crippen molar-refractivity contribution in [2.45, 2.75) is 303 Å². The first-order chi connectivity index (χ1) is 54.7. The van der Waals surface area contributed by atoms with Gasteiger partial charge in [-0.15, -0.1) is 0 Å². The number of allylic oxidation sites excluding steroid dienone is 36. The number of carbonyl (C=O) groups is 4. The number of hydrogen-bond donors (Lipinski definition) is 3. The minimum Gasteiger partial charge on any atom is -0.462 e. The number of rotatable bonds is 76. The van der Waals surface area contributed by atoms with Crippen molar-refractivity contribution < 1.29 is 80.2 Å². The van der Waals surface area contributed by atoms with E-state index in [-0.39, 0.29) is 25.7 Å². The number of aliphatic hydroxyl groups excluding tert-OH is 1. The Hall–Kier alpha value is -6.62. The van der Waals surface area contributed by atoms with Crippen molar-refractivity contribution in [3.05, 3.63) is 219 Å². The Morgan fingerprint density at radius 1 is 0.250 bits per heavy atom. The summed E-state index contributed by atoms with van der Waals surface area (Å²) in [6.45, 7) is 4.43. The molecule has 2 unspecified atom stereocenters. The zero-order valence-corrected chi connectivity index (χ0v) is 70.8. The van der Waals surface area contributed by atoms with Gasteiger partial charge in [0, 0.05) is 25.7 Å². The van der Waals surface area contributed by atoms with E-state index in [1.165, 1.54) is 77.0 Å². The van der Waals surface area contributed by atoms with E-state index >= 15 is 0 Å². The number of ether oxygens (including phenoxy) is 4. The van der Waals surface area contributed by atoms with E-state index in [4.69, 9.17) is 37.0 Å². The van der Waals surface area contributed by atoms with Crippen molar-refractivity contribution in [1.82, 2.24) is 0 Å². The van der Waals surface area contributed by atoms with Gasteiger partial charge in [0.1, 0.15) is 19.3 Å². The lowest BCUT2D eigenvalue weighted by Crippen LogP contribution is -2.30. The molecule has 0 saturated heterocycles. The molecule has 0 saturated carbocycles. The van der Waals surface area contributed by atoms with Crippen molar-refractivity contribution >= 4 is 39.5 Å². The summed E-state index contributed by atoms with van der Waals surface area (Å²) in [6.07, 6.45) is 105. The third-order valence-electron chi connectivity index (χ3n) is 16.4. The van der Waals surface area contributed by atoms with Crippen LogP contribution in [0.3, 0.4) is 0 Å².